The summed E-state index contributed by atoms with van der Waals surface area (Å²) in [5, 5.41) is 3.09. The Kier molecular flexibility index (Phi) is 6.99. The Morgan fingerprint density at radius 3 is 2.35 bits per heavy atom. The van der Waals surface area contributed by atoms with E-state index in [-0.39, 0.29) is 30.5 Å². The van der Waals surface area contributed by atoms with E-state index in [2.05, 4.69) is 5.32 Å². The Balaban J connectivity index is 2.55. The lowest BCUT2D eigenvalue weighted by molar-refractivity contribution is -0.146. The standard InChI is InChI=1S/C15H28N2O3/c1-5-20-14(18)10-17(11(2)3)12(4)15(19)16-13-8-6-7-9-13/h11-13H,5-10H2,1-4H3,(H,16,19). The molecule has 5 nitrogen and oxygen atoms in total. The van der Waals surface area contributed by atoms with E-state index < -0.39 is 0 Å². The Bertz CT molecular complexity index is 325. The minimum atomic E-state index is -0.319. The summed E-state index contributed by atoms with van der Waals surface area (Å²) in [6.07, 6.45) is 4.52. The second-order valence-corrected chi connectivity index (χ2v) is 5.74. The second-order valence-electron chi connectivity index (χ2n) is 5.74. The van der Waals surface area contributed by atoms with Crippen molar-refractivity contribution in [3.8, 4) is 0 Å². The van der Waals surface area contributed by atoms with E-state index in [1.165, 1.54) is 12.8 Å². The van der Waals surface area contributed by atoms with Crippen molar-refractivity contribution in [2.45, 2.75) is 71.5 Å². The van der Waals surface area contributed by atoms with Crippen molar-refractivity contribution in [2.75, 3.05) is 13.2 Å². The number of nitrogens with one attached hydrogen (secondary N) is 1. The first-order valence-corrected chi connectivity index (χ1v) is 7.67. The van der Waals surface area contributed by atoms with Crippen molar-refractivity contribution < 1.29 is 14.3 Å². The smallest absolute Gasteiger partial charge is 0.320 e. The normalized spacial score (nSPS) is 17.5. The molecule has 116 valence electrons. The highest BCUT2D eigenvalue weighted by atomic mass is 16.5. The van der Waals surface area contributed by atoms with E-state index >= 15 is 0 Å². The summed E-state index contributed by atoms with van der Waals surface area (Å²) in [7, 11) is 0. The summed E-state index contributed by atoms with van der Waals surface area (Å²) in [6.45, 7) is 8.13. The van der Waals surface area contributed by atoms with Gasteiger partial charge < -0.3 is 10.1 Å². The van der Waals surface area contributed by atoms with Gasteiger partial charge in [-0.15, -0.1) is 0 Å². The molecule has 1 saturated carbocycles. The summed E-state index contributed by atoms with van der Waals surface area (Å²) in [5.74, 6) is -0.267. The van der Waals surface area contributed by atoms with Crippen molar-refractivity contribution in [1.82, 2.24) is 10.2 Å². The molecule has 1 aliphatic carbocycles. The molecule has 1 unspecified atom stereocenters. The maximum Gasteiger partial charge on any atom is 0.320 e. The summed E-state index contributed by atoms with van der Waals surface area (Å²) >= 11 is 0. The average Bonchev–Trinajstić information content (AvgIpc) is 2.88. The fourth-order valence-corrected chi connectivity index (χ4v) is 2.66. The molecule has 0 aromatic carbocycles. The largest absolute Gasteiger partial charge is 0.465 e. The molecule has 0 spiro atoms. The summed E-state index contributed by atoms with van der Waals surface area (Å²) in [5.41, 5.74) is 0. The van der Waals surface area contributed by atoms with Crippen LogP contribution in [0, 0.1) is 0 Å². The number of carbonyl (C=O) groups excluding carboxylic acids is 2. The monoisotopic (exact) mass is 284 g/mol. The molecule has 0 aromatic rings. The molecule has 1 amide bonds. The SMILES string of the molecule is CCOC(=O)CN(C(C)C)C(C)C(=O)NC1CCCC1. The van der Waals surface area contributed by atoms with Gasteiger partial charge in [0.05, 0.1) is 19.2 Å². The van der Waals surface area contributed by atoms with Crippen molar-refractivity contribution >= 4 is 11.9 Å². The van der Waals surface area contributed by atoms with Crippen molar-refractivity contribution in [3.05, 3.63) is 0 Å². The predicted octanol–water partition coefficient (Wildman–Crippen LogP) is 1.71. The van der Waals surface area contributed by atoms with Gasteiger partial charge in [0.15, 0.2) is 0 Å². The summed E-state index contributed by atoms with van der Waals surface area (Å²) in [4.78, 5) is 25.8. The number of carbonyl (C=O) groups is 2. The molecule has 1 rings (SSSR count). The van der Waals surface area contributed by atoms with E-state index in [0.717, 1.165) is 12.8 Å². The minimum Gasteiger partial charge on any atom is -0.465 e. The highest BCUT2D eigenvalue weighted by Crippen LogP contribution is 2.18. The Morgan fingerprint density at radius 1 is 1.25 bits per heavy atom. The van der Waals surface area contributed by atoms with Gasteiger partial charge in [0.2, 0.25) is 5.91 Å². The third-order valence-electron chi connectivity index (χ3n) is 3.86. The topological polar surface area (TPSA) is 58.6 Å². The molecular formula is C15H28N2O3. The molecule has 0 radical (unpaired) electrons. The first-order chi connectivity index (χ1) is 9.45. The van der Waals surface area contributed by atoms with Crippen LogP contribution >= 0.6 is 0 Å². The molecule has 20 heavy (non-hydrogen) atoms. The molecule has 1 fully saturated rings. The number of hydrogen-bond donors (Lipinski definition) is 1. The predicted molar refractivity (Wildman–Crippen MR) is 78.3 cm³/mol. The van der Waals surface area contributed by atoms with Gasteiger partial charge in [-0.3, -0.25) is 14.5 Å². The molecular weight excluding hydrogens is 256 g/mol. The Labute approximate surface area is 122 Å². The molecule has 0 heterocycles. The van der Waals surface area contributed by atoms with E-state index in [0.29, 0.717) is 12.6 Å². The van der Waals surface area contributed by atoms with Crippen LogP contribution in [0.1, 0.15) is 53.4 Å². The Morgan fingerprint density at radius 2 is 1.85 bits per heavy atom. The van der Waals surface area contributed by atoms with Crippen LogP contribution in [-0.2, 0) is 14.3 Å². The number of ether oxygens (including phenoxy) is 1. The van der Waals surface area contributed by atoms with Crippen LogP contribution in [0.15, 0.2) is 0 Å². The third kappa shape index (κ3) is 5.12. The van der Waals surface area contributed by atoms with Crippen molar-refractivity contribution in [3.63, 3.8) is 0 Å². The zero-order chi connectivity index (χ0) is 15.1. The Hall–Kier alpha value is -1.10. The van der Waals surface area contributed by atoms with Crippen LogP contribution in [0.3, 0.4) is 0 Å². The van der Waals surface area contributed by atoms with Gasteiger partial charge >= 0.3 is 5.97 Å². The summed E-state index contributed by atoms with van der Waals surface area (Å²) < 4.78 is 4.97. The first-order valence-electron chi connectivity index (χ1n) is 7.67. The van der Waals surface area contributed by atoms with Gasteiger partial charge in [-0.25, -0.2) is 0 Å². The molecule has 0 aliphatic heterocycles. The van der Waals surface area contributed by atoms with Crippen LogP contribution < -0.4 is 5.32 Å². The quantitative estimate of drug-likeness (QED) is 0.723. The minimum absolute atomic E-state index is 0.00917. The fourth-order valence-electron chi connectivity index (χ4n) is 2.66. The van der Waals surface area contributed by atoms with E-state index in [1.54, 1.807) is 6.92 Å². The first kappa shape index (κ1) is 17.0. The molecule has 0 aromatic heterocycles. The molecule has 1 atom stereocenters. The number of esters is 1. The molecule has 0 bridgehead atoms. The number of rotatable bonds is 7. The lowest BCUT2D eigenvalue weighted by Gasteiger charge is -2.31. The highest BCUT2D eigenvalue weighted by Gasteiger charge is 2.28. The van der Waals surface area contributed by atoms with Gasteiger partial charge in [0.25, 0.3) is 0 Å². The van der Waals surface area contributed by atoms with Crippen molar-refractivity contribution in [1.29, 1.82) is 0 Å². The number of nitrogens with zero attached hydrogens (tertiary/aromatic N) is 1. The van der Waals surface area contributed by atoms with Crippen LogP contribution in [-0.4, -0.2) is 48.1 Å². The fraction of sp³-hybridized carbons (Fsp3) is 0.867. The lowest BCUT2D eigenvalue weighted by atomic mass is 10.1. The molecule has 1 N–H and O–H groups in total. The van der Waals surface area contributed by atoms with Gasteiger partial charge in [0.1, 0.15) is 0 Å². The van der Waals surface area contributed by atoms with Gasteiger partial charge in [-0.05, 0) is 40.5 Å². The van der Waals surface area contributed by atoms with Crippen LogP contribution in [0.25, 0.3) is 0 Å². The third-order valence-corrected chi connectivity index (χ3v) is 3.86. The second kappa shape index (κ2) is 8.25. The zero-order valence-electron chi connectivity index (χ0n) is 13.1. The molecule has 0 saturated heterocycles. The maximum atomic E-state index is 12.3. The number of hydrogen-bond acceptors (Lipinski definition) is 4. The van der Waals surface area contributed by atoms with Crippen LogP contribution in [0.5, 0.6) is 0 Å². The lowest BCUT2D eigenvalue weighted by Crippen LogP contribution is -2.51. The maximum absolute atomic E-state index is 12.3. The van der Waals surface area contributed by atoms with Gasteiger partial charge in [-0.2, -0.15) is 0 Å². The van der Waals surface area contributed by atoms with Crippen LogP contribution in [0.2, 0.25) is 0 Å². The van der Waals surface area contributed by atoms with Crippen LogP contribution in [0.4, 0.5) is 0 Å². The van der Waals surface area contributed by atoms with E-state index in [9.17, 15) is 9.59 Å². The summed E-state index contributed by atoms with van der Waals surface area (Å²) in [6, 6.07) is 0.102. The van der Waals surface area contributed by atoms with Gasteiger partial charge in [0, 0.05) is 12.1 Å². The van der Waals surface area contributed by atoms with Gasteiger partial charge in [-0.1, -0.05) is 12.8 Å². The zero-order valence-corrected chi connectivity index (χ0v) is 13.1. The molecule has 5 heteroatoms. The van der Waals surface area contributed by atoms with E-state index in [4.69, 9.17) is 4.74 Å². The number of amides is 1. The van der Waals surface area contributed by atoms with Crippen molar-refractivity contribution in [2.24, 2.45) is 0 Å². The molecule has 1 aliphatic rings. The average molecular weight is 284 g/mol. The van der Waals surface area contributed by atoms with E-state index in [1.807, 2.05) is 25.7 Å². The highest BCUT2D eigenvalue weighted by molar-refractivity contribution is 5.82.